The summed E-state index contributed by atoms with van der Waals surface area (Å²) in [6, 6.07) is 66.1. The van der Waals surface area contributed by atoms with Crippen molar-refractivity contribution in [2.24, 2.45) is 0 Å². The molecule has 10 rings (SSSR count). The zero-order chi connectivity index (χ0) is 31.6. The first-order valence-corrected chi connectivity index (χ1v) is 16.5. The quantitative estimate of drug-likeness (QED) is 0.188. The molecule has 0 unspecified atom stereocenters. The van der Waals surface area contributed by atoms with Gasteiger partial charge in [-0.1, -0.05) is 133 Å². The summed E-state index contributed by atoms with van der Waals surface area (Å²) in [7, 11) is 0. The van der Waals surface area contributed by atoms with Crippen molar-refractivity contribution in [1.29, 1.82) is 0 Å². The molecule has 0 amide bonds. The number of hydrogen-bond acceptors (Lipinski definition) is 1. The highest BCUT2D eigenvalue weighted by molar-refractivity contribution is 6.22. The molecule has 2 heteroatoms. The summed E-state index contributed by atoms with van der Waals surface area (Å²) in [6.45, 7) is 0. The molecule has 9 aromatic rings. The minimum atomic E-state index is 1.12. The van der Waals surface area contributed by atoms with Gasteiger partial charge in [0, 0.05) is 39.0 Å². The zero-order valence-corrected chi connectivity index (χ0v) is 26.2. The van der Waals surface area contributed by atoms with E-state index in [1.165, 1.54) is 71.6 Å². The van der Waals surface area contributed by atoms with Gasteiger partial charge in [-0.2, -0.15) is 0 Å². The Hall–Kier alpha value is -6.38. The Morgan fingerprint density at radius 1 is 0.417 bits per heavy atom. The molecule has 0 bridgehead atoms. The highest BCUT2D eigenvalue weighted by Gasteiger charge is 2.29. The van der Waals surface area contributed by atoms with Crippen molar-refractivity contribution in [3.8, 4) is 39.2 Å². The van der Waals surface area contributed by atoms with Gasteiger partial charge < -0.3 is 9.47 Å². The van der Waals surface area contributed by atoms with Crippen LogP contribution < -0.4 is 4.90 Å². The Balaban J connectivity index is 1.18. The van der Waals surface area contributed by atoms with E-state index in [9.17, 15) is 0 Å². The van der Waals surface area contributed by atoms with Crippen molar-refractivity contribution in [2.75, 3.05) is 4.90 Å². The summed E-state index contributed by atoms with van der Waals surface area (Å²) >= 11 is 0. The number of benzene rings is 8. The zero-order valence-electron chi connectivity index (χ0n) is 26.2. The summed E-state index contributed by atoms with van der Waals surface area (Å²) in [5, 5.41) is 6.36. The van der Waals surface area contributed by atoms with Gasteiger partial charge in [0.15, 0.2) is 0 Å². The summed E-state index contributed by atoms with van der Waals surface area (Å²) in [6.07, 6.45) is 0. The molecule has 0 fully saturated rings. The van der Waals surface area contributed by atoms with Gasteiger partial charge in [-0.3, -0.25) is 0 Å². The van der Waals surface area contributed by atoms with Crippen LogP contribution in [0.5, 0.6) is 0 Å². The van der Waals surface area contributed by atoms with Gasteiger partial charge >= 0.3 is 0 Å². The maximum absolute atomic E-state index is 2.47. The number of aromatic nitrogens is 1. The Labute approximate surface area is 279 Å². The van der Waals surface area contributed by atoms with Crippen molar-refractivity contribution in [1.82, 2.24) is 4.57 Å². The number of nitrogens with zero attached hydrogens (tertiary/aromatic N) is 2. The van der Waals surface area contributed by atoms with Crippen LogP contribution >= 0.6 is 0 Å². The maximum atomic E-state index is 2.47. The Morgan fingerprint density at radius 2 is 1.06 bits per heavy atom. The molecule has 1 aromatic heterocycles. The topological polar surface area (TPSA) is 8.17 Å². The SMILES string of the molecule is c1ccc(N(c2cccc(-c3ccc4c5c(n(-c6ccccc6)c4c3)-c3cccc4cccc-5c34)c2)c2cccc3ccccc23)cc1. The van der Waals surface area contributed by atoms with Crippen molar-refractivity contribution in [3.05, 3.63) is 182 Å². The first-order valence-electron chi connectivity index (χ1n) is 16.5. The minimum absolute atomic E-state index is 1.12. The molecule has 0 atom stereocenters. The molecule has 224 valence electrons. The number of para-hydroxylation sites is 2. The second-order valence-corrected chi connectivity index (χ2v) is 12.6. The van der Waals surface area contributed by atoms with E-state index < -0.39 is 0 Å². The molecule has 1 aliphatic rings. The third-order valence-corrected chi connectivity index (χ3v) is 9.87. The summed E-state index contributed by atoms with van der Waals surface area (Å²) in [5.74, 6) is 0. The normalized spacial score (nSPS) is 11.8. The molecule has 1 aliphatic carbocycles. The lowest BCUT2D eigenvalue weighted by Gasteiger charge is -2.27. The summed E-state index contributed by atoms with van der Waals surface area (Å²) in [5.41, 5.74) is 13.4. The molecule has 0 N–H and O–H groups in total. The molecule has 0 spiro atoms. The average Bonchev–Trinajstić information content (AvgIpc) is 3.67. The van der Waals surface area contributed by atoms with Crippen LogP contribution in [0.2, 0.25) is 0 Å². The van der Waals surface area contributed by atoms with Crippen molar-refractivity contribution in [2.45, 2.75) is 0 Å². The lowest BCUT2D eigenvalue weighted by atomic mass is 9.99. The van der Waals surface area contributed by atoms with E-state index in [0.717, 1.165) is 17.1 Å². The van der Waals surface area contributed by atoms with Crippen LogP contribution in [0.15, 0.2) is 182 Å². The fourth-order valence-corrected chi connectivity index (χ4v) is 7.82. The molecule has 0 saturated carbocycles. The maximum Gasteiger partial charge on any atom is 0.0626 e. The van der Waals surface area contributed by atoms with E-state index in [2.05, 4.69) is 191 Å². The Bertz CT molecular complexity index is 2660. The summed E-state index contributed by atoms with van der Waals surface area (Å²) < 4.78 is 2.47. The van der Waals surface area contributed by atoms with E-state index in [0.29, 0.717) is 0 Å². The predicted molar refractivity (Wildman–Crippen MR) is 203 cm³/mol. The standard InChI is InChI=1S/C46H30N2/c1-3-18-35(19-4-1)47(42-26-12-14-31-13-7-8-23-38(31)42)37-22-9-17-33(29-37)34-27-28-39-43(30-34)48(36-20-5-2-6-21-36)46-41-25-11-16-32-15-10-24-40(44(32)41)45(39)46/h1-30H. The van der Waals surface area contributed by atoms with Gasteiger partial charge in [0.05, 0.1) is 16.9 Å². The van der Waals surface area contributed by atoms with Crippen molar-refractivity contribution < 1.29 is 0 Å². The van der Waals surface area contributed by atoms with Gasteiger partial charge in [-0.15, -0.1) is 0 Å². The molecule has 0 saturated heterocycles. The Morgan fingerprint density at radius 3 is 1.92 bits per heavy atom. The van der Waals surface area contributed by atoms with Gasteiger partial charge in [0.1, 0.15) is 0 Å². The molecule has 8 aromatic carbocycles. The second-order valence-electron chi connectivity index (χ2n) is 12.6. The monoisotopic (exact) mass is 610 g/mol. The average molecular weight is 611 g/mol. The van der Waals surface area contributed by atoms with Crippen LogP contribution in [0.1, 0.15) is 0 Å². The predicted octanol–water partition coefficient (Wildman–Crippen LogP) is 12.7. The number of hydrogen-bond donors (Lipinski definition) is 0. The molecule has 48 heavy (non-hydrogen) atoms. The smallest absolute Gasteiger partial charge is 0.0626 e. The largest absolute Gasteiger partial charge is 0.310 e. The van der Waals surface area contributed by atoms with Crippen LogP contribution in [0, 0.1) is 0 Å². The van der Waals surface area contributed by atoms with E-state index in [4.69, 9.17) is 0 Å². The van der Waals surface area contributed by atoms with Crippen LogP contribution in [0.25, 0.3) is 71.6 Å². The summed E-state index contributed by atoms with van der Waals surface area (Å²) in [4.78, 5) is 2.38. The van der Waals surface area contributed by atoms with E-state index in [1.807, 2.05) is 0 Å². The molecular weight excluding hydrogens is 581 g/mol. The van der Waals surface area contributed by atoms with Crippen LogP contribution in [0.3, 0.4) is 0 Å². The molecule has 1 heterocycles. The lowest BCUT2D eigenvalue weighted by molar-refractivity contribution is 1.14. The van der Waals surface area contributed by atoms with Crippen LogP contribution in [-0.2, 0) is 0 Å². The fraction of sp³-hybridized carbons (Fsp3) is 0. The molecular formula is C46H30N2. The van der Waals surface area contributed by atoms with Gasteiger partial charge in [-0.25, -0.2) is 0 Å². The molecule has 0 aliphatic heterocycles. The van der Waals surface area contributed by atoms with Crippen molar-refractivity contribution >= 4 is 49.5 Å². The second kappa shape index (κ2) is 10.6. The molecule has 2 nitrogen and oxygen atoms in total. The fourth-order valence-electron chi connectivity index (χ4n) is 7.82. The third kappa shape index (κ3) is 4.00. The van der Waals surface area contributed by atoms with Gasteiger partial charge in [0.25, 0.3) is 0 Å². The van der Waals surface area contributed by atoms with Gasteiger partial charge in [-0.05, 0) is 81.4 Å². The van der Waals surface area contributed by atoms with E-state index in [1.54, 1.807) is 0 Å². The minimum Gasteiger partial charge on any atom is -0.310 e. The van der Waals surface area contributed by atoms with Crippen LogP contribution in [-0.4, -0.2) is 4.57 Å². The Kier molecular flexibility index (Phi) is 5.91. The van der Waals surface area contributed by atoms with Gasteiger partial charge in [0.2, 0.25) is 0 Å². The van der Waals surface area contributed by atoms with Crippen molar-refractivity contribution in [3.63, 3.8) is 0 Å². The molecule has 0 radical (unpaired) electrons. The van der Waals surface area contributed by atoms with E-state index in [-0.39, 0.29) is 0 Å². The highest BCUT2D eigenvalue weighted by Crippen LogP contribution is 2.53. The van der Waals surface area contributed by atoms with E-state index >= 15 is 0 Å². The lowest BCUT2D eigenvalue weighted by Crippen LogP contribution is -2.10. The van der Waals surface area contributed by atoms with Crippen LogP contribution in [0.4, 0.5) is 17.1 Å². The third-order valence-electron chi connectivity index (χ3n) is 9.87. The number of anilines is 3. The number of fused-ring (bicyclic) bond motifs is 6. The highest BCUT2D eigenvalue weighted by atomic mass is 15.1. The number of rotatable bonds is 5. The first-order chi connectivity index (χ1) is 23.8. The first kappa shape index (κ1) is 26.8.